The van der Waals surface area contributed by atoms with Crippen molar-refractivity contribution in [2.45, 2.75) is 20.1 Å². The third kappa shape index (κ3) is 5.18. The van der Waals surface area contributed by atoms with E-state index < -0.39 is 5.91 Å². The number of ether oxygens (including phenoxy) is 1. The van der Waals surface area contributed by atoms with Crippen LogP contribution in [-0.4, -0.2) is 15.7 Å². The number of aromatic nitrogens is 2. The molecule has 2 heterocycles. The van der Waals surface area contributed by atoms with E-state index in [9.17, 15) is 4.79 Å². The standard InChI is InChI=1S/C23H18BrCl2N3O3/c1-14-5-4-8-19(26)21(14)31-13-16-9-10-20(32-16)23(30)27-22-17(24)12-29(28-22)11-15-6-2-3-7-18(15)25/h2-10,12H,11,13H2,1H3,(H,27,28,30). The van der Waals surface area contributed by atoms with Crippen molar-refractivity contribution in [2.75, 3.05) is 5.32 Å². The van der Waals surface area contributed by atoms with Crippen LogP contribution in [0.3, 0.4) is 0 Å². The van der Waals surface area contributed by atoms with Crippen LogP contribution in [0, 0.1) is 6.92 Å². The summed E-state index contributed by atoms with van der Waals surface area (Å²) in [5.74, 6) is 1.19. The first-order chi connectivity index (χ1) is 15.4. The highest BCUT2D eigenvalue weighted by Gasteiger charge is 2.16. The number of nitrogens with one attached hydrogen (secondary N) is 1. The summed E-state index contributed by atoms with van der Waals surface area (Å²) < 4.78 is 13.7. The van der Waals surface area contributed by atoms with E-state index in [0.29, 0.717) is 38.4 Å². The molecule has 164 valence electrons. The molecule has 9 heteroatoms. The number of anilines is 1. The van der Waals surface area contributed by atoms with Gasteiger partial charge in [-0.15, -0.1) is 0 Å². The topological polar surface area (TPSA) is 69.3 Å². The van der Waals surface area contributed by atoms with E-state index in [1.165, 1.54) is 0 Å². The van der Waals surface area contributed by atoms with Crippen LogP contribution in [0.1, 0.15) is 27.4 Å². The predicted octanol–water partition coefficient (Wildman–Crippen LogP) is 6.73. The predicted molar refractivity (Wildman–Crippen MR) is 128 cm³/mol. The summed E-state index contributed by atoms with van der Waals surface area (Å²) in [4.78, 5) is 12.6. The lowest BCUT2D eigenvalue weighted by Gasteiger charge is -2.09. The molecule has 32 heavy (non-hydrogen) atoms. The van der Waals surface area contributed by atoms with Crippen LogP contribution in [0.25, 0.3) is 0 Å². The third-order valence-electron chi connectivity index (χ3n) is 4.65. The molecule has 0 atom stereocenters. The van der Waals surface area contributed by atoms with Crippen molar-refractivity contribution in [3.63, 3.8) is 0 Å². The highest BCUT2D eigenvalue weighted by Crippen LogP contribution is 2.29. The van der Waals surface area contributed by atoms with Gasteiger partial charge in [0.25, 0.3) is 5.91 Å². The molecular weight excluding hydrogens is 517 g/mol. The summed E-state index contributed by atoms with van der Waals surface area (Å²) in [5.41, 5.74) is 1.84. The van der Waals surface area contributed by atoms with E-state index >= 15 is 0 Å². The van der Waals surface area contributed by atoms with E-state index in [1.807, 2.05) is 43.3 Å². The molecule has 0 fully saturated rings. The number of rotatable bonds is 7. The van der Waals surface area contributed by atoms with Crippen molar-refractivity contribution in [2.24, 2.45) is 0 Å². The van der Waals surface area contributed by atoms with Crippen LogP contribution in [-0.2, 0) is 13.2 Å². The molecule has 2 aromatic carbocycles. The second-order valence-electron chi connectivity index (χ2n) is 7.01. The van der Waals surface area contributed by atoms with Crippen LogP contribution in [0.2, 0.25) is 10.0 Å². The summed E-state index contributed by atoms with van der Waals surface area (Å²) in [6.45, 7) is 2.52. The van der Waals surface area contributed by atoms with Gasteiger partial charge in [-0.3, -0.25) is 9.48 Å². The van der Waals surface area contributed by atoms with Crippen molar-refractivity contribution >= 4 is 50.9 Å². The largest absolute Gasteiger partial charge is 0.484 e. The van der Waals surface area contributed by atoms with E-state index in [4.69, 9.17) is 32.4 Å². The molecule has 0 saturated heterocycles. The van der Waals surface area contributed by atoms with E-state index in [0.717, 1.165) is 11.1 Å². The van der Waals surface area contributed by atoms with E-state index in [2.05, 4.69) is 26.3 Å². The fourth-order valence-electron chi connectivity index (χ4n) is 3.05. The minimum Gasteiger partial charge on any atom is -0.484 e. The zero-order valence-electron chi connectivity index (χ0n) is 16.9. The monoisotopic (exact) mass is 533 g/mol. The number of hydrogen-bond donors (Lipinski definition) is 1. The maximum Gasteiger partial charge on any atom is 0.292 e. The Morgan fingerprint density at radius 3 is 2.69 bits per heavy atom. The van der Waals surface area contributed by atoms with Gasteiger partial charge >= 0.3 is 0 Å². The van der Waals surface area contributed by atoms with Gasteiger partial charge < -0.3 is 14.5 Å². The molecule has 6 nitrogen and oxygen atoms in total. The molecule has 2 aromatic heterocycles. The molecule has 1 N–H and O–H groups in total. The molecule has 0 aliphatic carbocycles. The zero-order chi connectivity index (χ0) is 22.7. The number of halogens is 3. The van der Waals surface area contributed by atoms with Gasteiger partial charge in [0.2, 0.25) is 0 Å². The van der Waals surface area contributed by atoms with Gasteiger partial charge in [-0.25, -0.2) is 0 Å². The number of furan rings is 1. The van der Waals surface area contributed by atoms with Gasteiger partial charge in [0.1, 0.15) is 18.1 Å². The first-order valence-electron chi connectivity index (χ1n) is 9.65. The summed E-state index contributed by atoms with van der Waals surface area (Å²) >= 11 is 15.8. The number of carbonyl (C=O) groups is 1. The number of benzene rings is 2. The number of hydrogen-bond acceptors (Lipinski definition) is 4. The van der Waals surface area contributed by atoms with Crippen LogP contribution in [0.4, 0.5) is 5.82 Å². The van der Waals surface area contributed by atoms with Gasteiger partial charge in [-0.05, 0) is 58.2 Å². The van der Waals surface area contributed by atoms with Crippen LogP contribution >= 0.6 is 39.1 Å². The Morgan fingerprint density at radius 2 is 1.91 bits per heavy atom. The molecule has 4 rings (SSSR count). The molecule has 0 aliphatic rings. The van der Waals surface area contributed by atoms with E-state index in [-0.39, 0.29) is 12.4 Å². The summed E-state index contributed by atoms with van der Waals surface area (Å²) in [6.07, 6.45) is 1.77. The van der Waals surface area contributed by atoms with Gasteiger partial charge in [0.05, 0.1) is 16.0 Å². The Labute approximate surface area is 203 Å². The van der Waals surface area contributed by atoms with Gasteiger partial charge in [-0.1, -0.05) is 53.5 Å². The fourth-order valence-corrected chi connectivity index (χ4v) is 3.94. The highest BCUT2D eigenvalue weighted by molar-refractivity contribution is 9.10. The maximum atomic E-state index is 12.6. The Hall–Kier alpha value is -2.74. The maximum absolute atomic E-state index is 12.6. The van der Waals surface area contributed by atoms with Crippen LogP contribution in [0.5, 0.6) is 5.75 Å². The molecule has 1 amide bonds. The smallest absolute Gasteiger partial charge is 0.292 e. The summed E-state index contributed by atoms with van der Waals surface area (Å²) in [7, 11) is 0. The third-order valence-corrected chi connectivity index (χ3v) is 5.89. The first kappa shape index (κ1) is 22.5. The Morgan fingerprint density at radius 1 is 1.12 bits per heavy atom. The molecule has 0 saturated carbocycles. The second kappa shape index (κ2) is 9.81. The quantitative estimate of drug-likeness (QED) is 0.285. The molecule has 4 aromatic rings. The van der Waals surface area contributed by atoms with Crippen LogP contribution in [0.15, 0.2) is 69.7 Å². The molecule has 0 unspecified atom stereocenters. The molecule has 0 bridgehead atoms. The van der Waals surface area contributed by atoms with Crippen molar-refractivity contribution in [1.82, 2.24) is 9.78 Å². The molecule has 0 aliphatic heterocycles. The molecule has 0 spiro atoms. The summed E-state index contributed by atoms with van der Waals surface area (Å²) in [6, 6.07) is 16.3. The number of nitrogens with zero attached hydrogens (tertiary/aromatic N) is 2. The van der Waals surface area contributed by atoms with Crippen molar-refractivity contribution in [3.8, 4) is 5.75 Å². The SMILES string of the molecule is Cc1cccc(Cl)c1OCc1ccc(C(=O)Nc2nn(Cc3ccccc3Cl)cc2Br)o1. The Kier molecular flexibility index (Phi) is 6.89. The first-order valence-corrected chi connectivity index (χ1v) is 11.2. The van der Waals surface area contributed by atoms with E-state index in [1.54, 1.807) is 29.1 Å². The minimum atomic E-state index is -0.422. The Balaban J connectivity index is 1.40. The average molecular weight is 535 g/mol. The van der Waals surface area contributed by atoms with Crippen LogP contribution < -0.4 is 10.1 Å². The zero-order valence-corrected chi connectivity index (χ0v) is 20.0. The normalized spacial score (nSPS) is 10.9. The van der Waals surface area contributed by atoms with Crippen molar-refractivity contribution < 1.29 is 13.9 Å². The number of amides is 1. The minimum absolute atomic E-state index is 0.145. The van der Waals surface area contributed by atoms with Crippen molar-refractivity contribution in [3.05, 3.63) is 98.0 Å². The number of aryl methyl sites for hydroxylation is 1. The van der Waals surface area contributed by atoms with Gasteiger partial charge in [-0.2, -0.15) is 5.10 Å². The lowest BCUT2D eigenvalue weighted by atomic mass is 10.2. The number of carbonyl (C=O) groups excluding carboxylic acids is 1. The number of para-hydroxylation sites is 1. The highest BCUT2D eigenvalue weighted by atomic mass is 79.9. The van der Waals surface area contributed by atoms with Crippen molar-refractivity contribution in [1.29, 1.82) is 0 Å². The lowest BCUT2D eigenvalue weighted by molar-refractivity contribution is 0.0992. The second-order valence-corrected chi connectivity index (χ2v) is 8.68. The van der Waals surface area contributed by atoms with Gasteiger partial charge in [0, 0.05) is 11.2 Å². The Bertz CT molecular complexity index is 1250. The summed E-state index contributed by atoms with van der Waals surface area (Å²) in [5, 5.41) is 8.33. The van der Waals surface area contributed by atoms with Gasteiger partial charge in [0.15, 0.2) is 11.6 Å². The fraction of sp³-hybridized carbons (Fsp3) is 0.130. The average Bonchev–Trinajstić information content (AvgIpc) is 3.36. The lowest BCUT2D eigenvalue weighted by Crippen LogP contribution is -2.12. The molecular formula is C23H18BrCl2N3O3. The molecule has 0 radical (unpaired) electrons.